The first-order chi connectivity index (χ1) is 13.7. The van der Waals surface area contributed by atoms with Gasteiger partial charge in [0.2, 0.25) is 0 Å². The maximum absolute atomic E-state index is 13.1. The van der Waals surface area contributed by atoms with Crippen LogP contribution in [0.3, 0.4) is 0 Å². The standard InChI is InChI=1S/C20H22FN5O2/c21-16-5-3-15(4-6-16)14-25-10-8-19-24-23-18(26(19)12-11-25)7-9-22-20(27)17-2-1-13-28-17/h1-6,13H,7-12,14H2,(H,22,27). The first kappa shape index (κ1) is 18.4. The number of hydrogen-bond acceptors (Lipinski definition) is 5. The predicted molar refractivity (Wildman–Crippen MR) is 100 cm³/mol. The van der Waals surface area contributed by atoms with Crippen LogP contribution in [-0.4, -0.2) is 45.2 Å². The van der Waals surface area contributed by atoms with Gasteiger partial charge in [-0.1, -0.05) is 12.1 Å². The minimum Gasteiger partial charge on any atom is -0.459 e. The molecule has 0 bridgehead atoms. The summed E-state index contributed by atoms with van der Waals surface area (Å²) >= 11 is 0. The Labute approximate surface area is 162 Å². The van der Waals surface area contributed by atoms with Gasteiger partial charge in [-0.25, -0.2) is 4.39 Å². The van der Waals surface area contributed by atoms with Crippen LogP contribution in [0.25, 0.3) is 0 Å². The van der Waals surface area contributed by atoms with Gasteiger partial charge >= 0.3 is 0 Å². The first-order valence-electron chi connectivity index (χ1n) is 9.38. The molecule has 0 unspecified atom stereocenters. The number of nitrogens with one attached hydrogen (secondary N) is 1. The van der Waals surface area contributed by atoms with Gasteiger partial charge in [0, 0.05) is 45.6 Å². The fraction of sp³-hybridized carbons (Fsp3) is 0.350. The highest BCUT2D eigenvalue weighted by Gasteiger charge is 2.19. The molecule has 0 fully saturated rings. The van der Waals surface area contributed by atoms with Crippen molar-refractivity contribution in [1.29, 1.82) is 0 Å². The third kappa shape index (κ3) is 4.28. The van der Waals surface area contributed by atoms with Gasteiger partial charge in [0.1, 0.15) is 17.5 Å². The second-order valence-electron chi connectivity index (χ2n) is 6.82. The molecule has 0 aliphatic carbocycles. The zero-order valence-corrected chi connectivity index (χ0v) is 15.5. The van der Waals surface area contributed by atoms with Crippen molar-refractivity contribution in [2.24, 2.45) is 0 Å². The number of rotatable bonds is 6. The Morgan fingerprint density at radius 3 is 2.79 bits per heavy atom. The smallest absolute Gasteiger partial charge is 0.286 e. The summed E-state index contributed by atoms with van der Waals surface area (Å²) < 4.78 is 20.3. The Morgan fingerprint density at radius 2 is 2.00 bits per heavy atom. The van der Waals surface area contributed by atoms with Gasteiger partial charge in [-0.05, 0) is 29.8 Å². The summed E-state index contributed by atoms with van der Waals surface area (Å²) in [6, 6.07) is 9.97. The quantitative estimate of drug-likeness (QED) is 0.705. The van der Waals surface area contributed by atoms with Crippen LogP contribution in [0, 0.1) is 5.82 Å². The van der Waals surface area contributed by atoms with Gasteiger partial charge < -0.3 is 14.3 Å². The van der Waals surface area contributed by atoms with E-state index in [0.717, 1.165) is 49.8 Å². The number of fused-ring (bicyclic) bond motifs is 1. The summed E-state index contributed by atoms with van der Waals surface area (Å²) in [7, 11) is 0. The Kier molecular flexibility index (Phi) is 5.48. The van der Waals surface area contributed by atoms with Crippen LogP contribution in [0.15, 0.2) is 47.1 Å². The third-order valence-electron chi connectivity index (χ3n) is 4.89. The molecule has 146 valence electrons. The van der Waals surface area contributed by atoms with Crippen LogP contribution >= 0.6 is 0 Å². The van der Waals surface area contributed by atoms with Crippen molar-refractivity contribution in [1.82, 2.24) is 25.0 Å². The lowest BCUT2D eigenvalue weighted by Gasteiger charge is -2.19. The summed E-state index contributed by atoms with van der Waals surface area (Å²) in [4.78, 5) is 14.3. The SMILES string of the molecule is O=C(NCCc1nnc2n1CCN(Cc1ccc(F)cc1)CC2)c1ccco1. The molecule has 7 nitrogen and oxygen atoms in total. The zero-order valence-electron chi connectivity index (χ0n) is 15.5. The van der Waals surface area contributed by atoms with Crippen molar-refractivity contribution in [3.63, 3.8) is 0 Å². The van der Waals surface area contributed by atoms with E-state index < -0.39 is 0 Å². The van der Waals surface area contributed by atoms with Gasteiger partial charge in [-0.3, -0.25) is 9.69 Å². The Bertz CT molecular complexity index is 921. The van der Waals surface area contributed by atoms with E-state index in [9.17, 15) is 9.18 Å². The number of halogens is 1. The molecule has 0 atom stereocenters. The summed E-state index contributed by atoms with van der Waals surface area (Å²) in [5.74, 6) is 1.70. The highest BCUT2D eigenvalue weighted by molar-refractivity contribution is 5.91. The molecule has 3 heterocycles. The van der Waals surface area contributed by atoms with Crippen LogP contribution in [0.5, 0.6) is 0 Å². The van der Waals surface area contributed by atoms with E-state index in [2.05, 4.69) is 25.0 Å². The van der Waals surface area contributed by atoms with Crippen LogP contribution in [0.1, 0.15) is 27.8 Å². The molecule has 0 saturated heterocycles. The molecular weight excluding hydrogens is 361 g/mol. The fourth-order valence-electron chi connectivity index (χ4n) is 3.40. The predicted octanol–water partition coefficient (Wildman–Crippen LogP) is 2.04. The molecule has 3 aromatic rings. The Morgan fingerprint density at radius 1 is 1.14 bits per heavy atom. The molecule has 0 spiro atoms. The number of benzene rings is 1. The zero-order chi connectivity index (χ0) is 19.3. The van der Waals surface area contributed by atoms with Gasteiger partial charge in [0.15, 0.2) is 5.76 Å². The lowest BCUT2D eigenvalue weighted by molar-refractivity contribution is 0.0926. The highest BCUT2D eigenvalue weighted by Crippen LogP contribution is 2.13. The van der Waals surface area contributed by atoms with Crippen molar-refractivity contribution in [2.75, 3.05) is 19.6 Å². The summed E-state index contributed by atoms with van der Waals surface area (Å²) in [6.07, 6.45) is 2.90. The molecule has 0 radical (unpaired) electrons. The van der Waals surface area contributed by atoms with Crippen LogP contribution in [0.4, 0.5) is 4.39 Å². The lowest BCUT2D eigenvalue weighted by atomic mass is 10.2. The van der Waals surface area contributed by atoms with E-state index in [1.165, 1.54) is 18.4 Å². The number of carbonyl (C=O) groups excluding carboxylic acids is 1. The number of amides is 1. The van der Waals surface area contributed by atoms with Gasteiger partial charge in [-0.15, -0.1) is 10.2 Å². The maximum atomic E-state index is 13.1. The molecule has 4 rings (SSSR count). The molecule has 1 aliphatic heterocycles. The second kappa shape index (κ2) is 8.35. The van der Waals surface area contributed by atoms with Gasteiger partial charge in [0.05, 0.1) is 6.26 Å². The van der Waals surface area contributed by atoms with Gasteiger partial charge in [0.25, 0.3) is 5.91 Å². The van der Waals surface area contributed by atoms with E-state index in [0.29, 0.717) is 18.7 Å². The molecule has 2 aromatic heterocycles. The second-order valence-corrected chi connectivity index (χ2v) is 6.82. The topological polar surface area (TPSA) is 76.2 Å². The number of furan rings is 1. The van der Waals surface area contributed by atoms with E-state index in [4.69, 9.17) is 4.42 Å². The molecular formula is C20H22FN5O2. The normalized spacial score (nSPS) is 14.5. The number of aromatic nitrogens is 3. The largest absolute Gasteiger partial charge is 0.459 e. The number of carbonyl (C=O) groups is 1. The summed E-state index contributed by atoms with van der Waals surface area (Å²) in [5.41, 5.74) is 1.10. The minimum absolute atomic E-state index is 0.213. The lowest BCUT2D eigenvalue weighted by Crippen LogP contribution is -2.28. The number of nitrogens with zero attached hydrogens (tertiary/aromatic N) is 4. The Balaban J connectivity index is 1.32. The average Bonchev–Trinajstić information content (AvgIpc) is 3.32. The number of hydrogen-bond donors (Lipinski definition) is 1. The maximum Gasteiger partial charge on any atom is 0.286 e. The summed E-state index contributed by atoms with van der Waals surface area (Å²) in [5, 5.41) is 11.5. The van der Waals surface area contributed by atoms with Crippen molar-refractivity contribution in [3.8, 4) is 0 Å². The van der Waals surface area contributed by atoms with E-state index in [1.54, 1.807) is 12.1 Å². The summed E-state index contributed by atoms with van der Waals surface area (Å²) in [6.45, 7) is 3.80. The molecule has 1 amide bonds. The first-order valence-corrected chi connectivity index (χ1v) is 9.38. The van der Waals surface area contributed by atoms with E-state index in [-0.39, 0.29) is 11.7 Å². The van der Waals surface area contributed by atoms with Crippen molar-refractivity contribution < 1.29 is 13.6 Å². The van der Waals surface area contributed by atoms with E-state index >= 15 is 0 Å². The third-order valence-corrected chi connectivity index (χ3v) is 4.89. The molecule has 8 heteroatoms. The molecule has 1 N–H and O–H groups in total. The molecule has 28 heavy (non-hydrogen) atoms. The highest BCUT2D eigenvalue weighted by atomic mass is 19.1. The monoisotopic (exact) mass is 383 g/mol. The fourth-order valence-corrected chi connectivity index (χ4v) is 3.40. The van der Waals surface area contributed by atoms with Crippen LogP contribution in [0.2, 0.25) is 0 Å². The average molecular weight is 383 g/mol. The minimum atomic E-state index is -0.230. The van der Waals surface area contributed by atoms with Crippen LogP contribution < -0.4 is 5.32 Å². The van der Waals surface area contributed by atoms with Crippen molar-refractivity contribution >= 4 is 5.91 Å². The van der Waals surface area contributed by atoms with Gasteiger partial charge in [-0.2, -0.15) is 0 Å². The molecule has 0 saturated carbocycles. The molecule has 1 aliphatic rings. The van der Waals surface area contributed by atoms with Crippen molar-refractivity contribution in [3.05, 3.63) is 71.5 Å². The Hall–Kier alpha value is -3.00. The van der Waals surface area contributed by atoms with E-state index in [1.807, 2.05) is 12.1 Å². The van der Waals surface area contributed by atoms with Crippen LogP contribution in [-0.2, 0) is 25.9 Å². The molecule has 1 aromatic carbocycles. The van der Waals surface area contributed by atoms with Crippen molar-refractivity contribution in [2.45, 2.75) is 25.9 Å².